The first kappa shape index (κ1) is 15.1. The number of hydrogen-bond acceptors (Lipinski definition) is 3. The van der Waals surface area contributed by atoms with Crippen LogP contribution < -0.4 is 10.6 Å². The molecule has 1 heterocycles. The number of urea groups is 1. The van der Waals surface area contributed by atoms with E-state index in [9.17, 15) is 22.8 Å². The Morgan fingerprint density at radius 2 is 1.95 bits per heavy atom. The Bertz CT molecular complexity index is 556. The van der Waals surface area contributed by atoms with Crippen molar-refractivity contribution in [1.29, 1.82) is 0 Å². The molecule has 1 fully saturated rings. The molecule has 1 aromatic heterocycles. The minimum Gasteiger partial charge on any atom is -0.481 e. The number of anilines is 1. The van der Waals surface area contributed by atoms with Gasteiger partial charge >= 0.3 is 18.2 Å². The molecule has 1 saturated carbocycles. The fourth-order valence-electron chi connectivity index (χ4n) is 1.95. The van der Waals surface area contributed by atoms with Crippen LogP contribution in [0.2, 0.25) is 0 Å². The van der Waals surface area contributed by atoms with Gasteiger partial charge in [-0.15, -0.1) is 0 Å². The van der Waals surface area contributed by atoms with Crippen molar-refractivity contribution in [3.8, 4) is 0 Å². The van der Waals surface area contributed by atoms with Crippen LogP contribution in [-0.4, -0.2) is 28.1 Å². The van der Waals surface area contributed by atoms with Gasteiger partial charge in [-0.2, -0.15) is 13.2 Å². The minimum atomic E-state index is -4.54. The molecule has 2 amide bonds. The number of amides is 2. The van der Waals surface area contributed by atoms with E-state index < -0.39 is 29.7 Å². The summed E-state index contributed by atoms with van der Waals surface area (Å²) in [6.45, 7) is 0. The number of carbonyl (C=O) groups is 2. The second-order valence-corrected chi connectivity index (χ2v) is 4.76. The lowest BCUT2D eigenvalue weighted by Gasteiger charge is -2.32. The summed E-state index contributed by atoms with van der Waals surface area (Å²) in [6, 6.07) is -0.206. The van der Waals surface area contributed by atoms with Crippen molar-refractivity contribution in [2.75, 3.05) is 5.32 Å². The third kappa shape index (κ3) is 3.83. The zero-order chi connectivity index (χ0) is 15.6. The van der Waals surface area contributed by atoms with Gasteiger partial charge in [0.05, 0.1) is 23.4 Å². The maximum Gasteiger partial charge on any atom is 0.417 e. The lowest BCUT2D eigenvalue weighted by atomic mass is 9.80. The number of nitrogens with zero attached hydrogens (tertiary/aromatic N) is 1. The summed E-state index contributed by atoms with van der Waals surface area (Å²) in [4.78, 5) is 25.6. The molecule has 6 nitrogen and oxygen atoms in total. The zero-order valence-electron chi connectivity index (χ0n) is 10.6. The molecule has 21 heavy (non-hydrogen) atoms. The van der Waals surface area contributed by atoms with Crippen LogP contribution in [0.15, 0.2) is 18.5 Å². The summed E-state index contributed by atoms with van der Waals surface area (Å²) in [7, 11) is 0. The van der Waals surface area contributed by atoms with Gasteiger partial charge in [0, 0.05) is 12.2 Å². The average molecular weight is 303 g/mol. The van der Waals surface area contributed by atoms with Crippen molar-refractivity contribution < 1.29 is 27.9 Å². The van der Waals surface area contributed by atoms with E-state index in [-0.39, 0.29) is 11.7 Å². The summed E-state index contributed by atoms with van der Waals surface area (Å²) < 4.78 is 37.4. The monoisotopic (exact) mass is 303 g/mol. The third-order valence-electron chi connectivity index (χ3n) is 3.15. The number of alkyl halides is 3. The van der Waals surface area contributed by atoms with Gasteiger partial charge in [-0.3, -0.25) is 9.78 Å². The normalized spacial score (nSPS) is 21.3. The standard InChI is InChI=1S/C12H12F3N3O3/c13-12(14,15)7-3-9(5-16-4-7)18-11(21)17-8-1-6(2-8)10(19)20/h3-6,8H,1-2H2,(H,19,20)(H2,17,18,21). The molecule has 3 N–H and O–H groups in total. The molecule has 0 saturated heterocycles. The lowest BCUT2D eigenvalue weighted by Crippen LogP contribution is -2.48. The van der Waals surface area contributed by atoms with Gasteiger partial charge in [-0.05, 0) is 18.9 Å². The molecule has 1 aliphatic rings. The fourth-order valence-corrected chi connectivity index (χ4v) is 1.95. The van der Waals surface area contributed by atoms with E-state index in [1.807, 2.05) is 0 Å². The molecule has 0 spiro atoms. The molecular weight excluding hydrogens is 291 g/mol. The number of aromatic nitrogens is 1. The van der Waals surface area contributed by atoms with Crippen molar-refractivity contribution in [3.05, 3.63) is 24.0 Å². The van der Waals surface area contributed by atoms with Crippen molar-refractivity contribution in [2.45, 2.75) is 25.1 Å². The first-order valence-corrected chi connectivity index (χ1v) is 6.08. The van der Waals surface area contributed by atoms with E-state index in [1.54, 1.807) is 0 Å². The van der Waals surface area contributed by atoms with Crippen LogP contribution in [0.3, 0.4) is 0 Å². The van der Waals surface area contributed by atoms with E-state index in [0.717, 1.165) is 12.3 Å². The molecule has 1 aromatic rings. The van der Waals surface area contributed by atoms with Crippen molar-refractivity contribution in [2.24, 2.45) is 5.92 Å². The largest absolute Gasteiger partial charge is 0.481 e. The number of hydrogen-bond donors (Lipinski definition) is 3. The lowest BCUT2D eigenvalue weighted by molar-refractivity contribution is -0.145. The minimum absolute atomic E-state index is 0.0866. The van der Waals surface area contributed by atoms with E-state index in [1.165, 1.54) is 0 Å². The molecule has 0 unspecified atom stereocenters. The number of carboxylic acids is 1. The average Bonchev–Trinajstić information content (AvgIpc) is 2.32. The predicted octanol–water partition coefficient (Wildman–Crippen LogP) is 2.09. The summed E-state index contributed by atoms with van der Waals surface area (Å²) in [5, 5.41) is 13.4. The maximum atomic E-state index is 12.5. The highest BCUT2D eigenvalue weighted by Crippen LogP contribution is 2.30. The van der Waals surface area contributed by atoms with Gasteiger partial charge in [-0.25, -0.2) is 4.79 Å². The Kier molecular flexibility index (Phi) is 4.01. The Hall–Kier alpha value is -2.32. The van der Waals surface area contributed by atoms with Crippen molar-refractivity contribution >= 4 is 17.7 Å². The number of nitrogens with one attached hydrogen (secondary N) is 2. The quantitative estimate of drug-likeness (QED) is 0.797. The zero-order valence-corrected chi connectivity index (χ0v) is 10.6. The number of halogens is 3. The van der Waals surface area contributed by atoms with E-state index in [4.69, 9.17) is 5.11 Å². The van der Waals surface area contributed by atoms with Gasteiger partial charge < -0.3 is 15.7 Å². The number of rotatable bonds is 3. The Morgan fingerprint density at radius 3 is 2.52 bits per heavy atom. The van der Waals surface area contributed by atoms with Gasteiger partial charge in [-0.1, -0.05) is 0 Å². The molecule has 0 radical (unpaired) electrons. The SMILES string of the molecule is O=C(Nc1cncc(C(F)(F)F)c1)NC1CC(C(=O)O)C1. The highest BCUT2D eigenvalue weighted by molar-refractivity contribution is 5.89. The Balaban J connectivity index is 1.88. The summed E-state index contributed by atoms with van der Waals surface area (Å²) >= 11 is 0. The molecule has 0 aromatic carbocycles. The van der Waals surface area contributed by atoms with Crippen LogP contribution in [0, 0.1) is 5.92 Å². The smallest absolute Gasteiger partial charge is 0.417 e. The van der Waals surface area contributed by atoms with Gasteiger partial charge in [0.15, 0.2) is 0 Å². The predicted molar refractivity (Wildman–Crippen MR) is 65.5 cm³/mol. The first-order valence-electron chi connectivity index (χ1n) is 6.08. The van der Waals surface area contributed by atoms with Crippen LogP contribution >= 0.6 is 0 Å². The van der Waals surface area contributed by atoms with E-state index in [0.29, 0.717) is 19.0 Å². The number of aliphatic carboxylic acids is 1. The number of carbonyl (C=O) groups excluding carboxylic acids is 1. The second-order valence-electron chi connectivity index (χ2n) is 4.76. The summed E-state index contributed by atoms with van der Waals surface area (Å²) in [5.41, 5.74) is -1.05. The molecule has 0 bridgehead atoms. The molecule has 0 atom stereocenters. The van der Waals surface area contributed by atoms with Gasteiger partial charge in [0.2, 0.25) is 0 Å². The van der Waals surface area contributed by atoms with Crippen molar-refractivity contribution in [3.63, 3.8) is 0 Å². The third-order valence-corrected chi connectivity index (χ3v) is 3.15. The molecule has 0 aliphatic heterocycles. The van der Waals surface area contributed by atoms with Gasteiger partial charge in [0.1, 0.15) is 0 Å². The molecular formula is C12H12F3N3O3. The topological polar surface area (TPSA) is 91.3 Å². The Morgan fingerprint density at radius 1 is 1.29 bits per heavy atom. The van der Waals surface area contributed by atoms with Crippen LogP contribution in [0.1, 0.15) is 18.4 Å². The number of pyridine rings is 1. The van der Waals surface area contributed by atoms with Crippen molar-refractivity contribution in [1.82, 2.24) is 10.3 Å². The maximum absolute atomic E-state index is 12.5. The summed E-state index contributed by atoms with van der Waals surface area (Å²) in [6.07, 6.45) is -2.17. The summed E-state index contributed by atoms with van der Waals surface area (Å²) in [5.74, 6) is -1.40. The highest BCUT2D eigenvalue weighted by Gasteiger charge is 2.35. The van der Waals surface area contributed by atoms with Crippen LogP contribution in [0.5, 0.6) is 0 Å². The molecule has 1 aliphatic carbocycles. The first-order chi connectivity index (χ1) is 9.75. The van der Waals surface area contributed by atoms with E-state index >= 15 is 0 Å². The van der Waals surface area contributed by atoms with E-state index in [2.05, 4.69) is 15.6 Å². The Labute approximate surface area is 117 Å². The van der Waals surface area contributed by atoms with Crippen LogP contribution in [0.25, 0.3) is 0 Å². The molecule has 2 rings (SSSR count). The highest BCUT2D eigenvalue weighted by atomic mass is 19.4. The van der Waals surface area contributed by atoms with Crippen LogP contribution in [0.4, 0.5) is 23.7 Å². The second kappa shape index (κ2) is 5.58. The fraction of sp³-hybridized carbons (Fsp3) is 0.417. The number of carboxylic acid groups (broad SMARTS) is 1. The molecule has 114 valence electrons. The van der Waals surface area contributed by atoms with Crippen LogP contribution in [-0.2, 0) is 11.0 Å². The molecule has 9 heteroatoms. The van der Waals surface area contributed by atoms with Gasteiger partial charge in [0.25, 0.3) is 0 Å².